The first-order valence-corrected chi connectivity index (χ1v) is 8.86. The zero-order valence-corrected chi connectivity index (χ0v) is 13.1. The molecule has 4 nitrogen and oxygen atoms in total. The molecule has 0 spiro atoms. The first-order chi connectivity index (χ1) is 9.53. The van der Waals surface area contributed by atoms with Gasteiger partial charge in [0.1, 0.15) is 0 Å². The van der Waals surface area contributed by atoms with E-state index in [1.807, 2.05) is 26.0 Å². The van der Waals surface area contributed by atoms with E-state index in [0.717, 1.165) is 25.8 Å². The second-order valence-corrected chi connectivity index (χ2v) is 7.22. The number of sulfonamides is 1. The maximum Gasteiger partial charge on any atom is 0.240 e. The van der Waals surface area contributed by atoms with Crippen LogP contribution in [-0.2, 0) is 22.9 Å². The number of likely N-dealkylation sites (N-methyl/N-ethyl adjacent to an activating group) is 1. The minimum Gasteiger partial charge on any atom is -0.313 e. The predicted octanol–water partition coefficient (Wildman–Crippen LogP) is 1.84. The summed E-state index contributed by atoms with van der Waals surface area (Å²) < 4.78 is 27.3. The average molecular weight is 296 g/mol. The molecule has 1 aromatic carbocycles. The van der Waals surface area contributed by atoms with Crippen molar-refractivity contribution in [2.45, 2.75) is 50.5 Å². The van der Waals surface area contributed by atoms with Crippen molar-refractivity contribution in [3.63, 3.8) is 0 Å². The zero-order valence-electron chi connectivity index (χ0n) is 12.3. The van der Waals surface area contributed by atoms with Gasteiger partial charge in [-0.3, -0.25) is 0 Å². The molecule has 0 fully saturated rings. The molecular formula is C15H24N2O2S. The van der Waals surface area contributed by atoms with E-state index < -0.39 is 10.0 Å². The Bertz CT molecular complexity index is 555. The summed E-state index contributed by atoms with van der Waals surface area (Å²) in [5.41, 5.74) is 2.50. The highest BCUT2D eigenvalue weighted by molar-refractivity contribution is 7.89. The topological polar surface area (TPSA) is 58.2 Å². The third-order valence-electron chi connectivity index (χ3n) is 3.76. The summed E-state index contributed by atoms with van der Waals surface area (Å²) in [4.78, 5) is 0.391. The summed E-state index contributed by atoms with van der Waals surface area (Å²) in [7, 11) is -3.40. The van der Waals surface area contributed by atoms with Crippen LogP contribution in [-0.4, -0.2) is 27.5 Å². The van der Waals surface area contributed by atoms with Gasteiger partial charge in [0.2, 0.25) is 10.0 Å². The number of benzene rings is 1. The van der Waals surface area contributed by atoms with Gasteiger partial charge in [-0.15, -0.1) is 0 Å². The molecule has 1 aliphatic rings. The van der Waals surface area contributed by atoms with Crippen molar-refractivity contribution in [1.82, 2.24) is 10.0 Å². The normalized spacial score (nSPS) is 16.7. The van der Waals surface area contributed by atoms with Crippen LogP contribution >= 0.6 is 0 Å². The molecule has 0 aromatic heterocycles. The maximum atomic E-state index is 12.3. The van der Waals surface area contributed by atoms with E-state index in [1.54, 1.807) is 6.07 Å². The van der Waals surface area contributed by atoms with Gasteiger partial charge in [-0.1, -0.05) is 13.0 Å². The molecule has 5 heteroatoms. The van der Waals surface area contributed by atoms with Crippen molar-refractivity contribution in [2.24, 2.45) is 0 Å². The molecular weight excluding hydrogens is 272 g/mol. The van der Waals surface area contributed by atoms with Gasteiger partial charge in [-0.05, 0) is 62.4 Å². The van der Waals surface area contributed by atoms with Gasteiger partial charge in [0.15, 0.2) is 0 Å². The van der Waals surface area contributed by atoms with Gasteiger partial charge < -0.3 is 5.32 Å². The predicted molar refractivity (Wildman–Crippen MR) is 81.4 cm³/mol. The Balaban J connectivity index is 2.09. The number of nitrogens with one attached hydrogen (secondary N) is 2. The summed E-state index contributed by atoms with van der Waals surface area (Å²) in [6.07, 6.45) is 4.42. The first-order valence-electron chi connectivity index (χ1n) is 7.38. The summed E-state index contributed by atoms with van der Waals surface area (Å²) >= 11 is 0. The Morgan fingerprint density at radius 2 is 1.90 bits per heavy atom. The van der Waals surface area contributed by atoms with Crippen LogP contribution in [0.1, 0.15) is 37.8 Å². The van der Waals surface area contributed by atoms with Crippen LogP contribution in [0.5, 0.6) is 0 Å². The number of hydrogen-bond acceptors (Lipinski definition) is 3. The molecule has 112 valence electrons. The van der Waals surface area contributed by atoms with Gasteiger partial charge in [-0.2, -0.15) is 0 Å². The Hall–Kier alpha value is -0.910. The van der Waals surface area contributed by atoms with Crippen molar-refractivity contribution in [1.29, 1.82) is 0 Å². The van der Waals surface area contributed by atoms with Gasteiger partial charge in [0.05, 0.1) is 4.90 Å². The fourth-order valence-electron chi connectivity index (χ4n) is 2.62. The lowest BCUT2D eigenvalue weighted by atomic mass is 9.92. The van der Waals surface area contributed by atoms with Crippen LogP contribution in [0.25, 0.3) is 0 Å². The molecule has 0 bridgehead atoms. The van der Waals surface area contributed by atoms with Crippen LogP contribution in [0.15, 0.2) is 23.1 Å². The Kier molecular flexibility index (Phi) is 5.18. The van der Waals surface area contributed by atoms with Crippen molar-refractivity contribution in [2.75, 3.05) is 13.1 Å². The van der Waals surface area contributed by atoms with E-state index in [2.05, 4.69) is 10.0 Å². The van der Waals surface area contributed by atoms with E-state index in [0.29, 0.717) is 11.4 Å². The SMILES string of the molecule is CCN[C@H](C)CNS(=O)(=O)c1ccc2c(c1)CCCC2. The standard InChI is InChI=1S/C15H24N2O2S/c1-3-16-12(2)11-17-20(18,19)15-9-8-13-6-4-5-7-14(13)10-15/h8-10,12,16-17H,3-7,11H2,1-2H3/t12-/m1/s1. The van der Waals surface area contributed by atoms with E-state index in [1.165, 1.54) is 17.5 Å². The van der Waals surface area contributed by atoms with Gasteiger partial charge >= 0.3 is 0 Å². The lowest BCUT2D eigenvalue weighted by Crippen LogP contribution is -2.38. The smallest absolute Gasteiger partial charge is 0.240 e. The van der Waals surface area contributed by atoms with Crippen molar-refractivity contribution >= 4 is 10.0 Å². The lowest BCUT2D eigenvalue weighted by molar-refractivity contribution is 0.536. The van der Waals surface area contributed by atoms with Crippen molar-refractivity contribution in [3.8, 4) is 0 Å². The average Bonchev–Trinajstić information content (AvgIpc) is 2.45. The van der Waals surface area contributed by atoms with Crippen LogP contribution in [0.4, 0.5) is 0 Å². The highest BCUT2D eigenvalue weighted by atomic mass is 32.2. The van der Waals surface area contributed by atoms with Gasteiger partial charge in [-0.25, -0.2) is 13.1 Å². The Labute approximate surface area is 122 Å². The summed E-state index contributed by atoms with van der Waals surface area (Å²) in [6.45, 7) is 5.22. The number of hydrogen-bond donors (Lipinski definition) is 2. The maximum absolute atomic E-state index is 12.3. The molecule has 0 heterocycles. The van der Waals surface area contributed by atoms with Crippen LogP contribution < -0.4 is 10.0 Å². The largest absolute Gasteiger partial charge is 0.313 e. The molecule has 0 radical (unpaired) electrons. The molecule has 1 aromatic rings. The highest BCUT2D eigenvalue weighted by Gasteiger charge is 2.18. The summed E-state index contributed by atoms with van der Waals surface area (Å²) in [5, 5.41) is 3.19. The molecule has 0 aliphatic heterocycles. The molecule has 2 rings (SSSR count). The van der Waals surface area contributed by atoms with E-state index in [4.69, 9.17) is 0 Å². The summed E-state index contributed by atoms with van der Waals surface area (Å²) in [5.74, 6) is 0. The van der Waals surface area contributed by atoms with Crippen molar-refractivity contribution in [3.05, 3.63) is 29.3 Å². The zero-order chi connectivity index (χ0) is 14.6. The minimum atomic E-state index is -3.40. The second kappa shape index (κ2) is 6.70. The summed E-state index contributed by atoms with van der Waals surface area (Å²) in [6, 6.07) is 5.67. The van der Waals surface area contributed by atoms with Crippen molar-refractivity contribution < 1.29 is 8.42 Å². The number of aryl methyl sites for hydroxylation is 2. The van der Waals surface area contributed by atoms with Crippen LogP contribution in [0.3, 0.4) is 0 Å². The molecule has 0 amide bonds. The fourth-order valence-corrected chi connectivity index (χ4v) is 3.80. The molecule has 1 atom stereocenters. The van der Waals surface area contributed by atoms with Crippen LogP contribution in [0, 0.1) is 0 Å². The minimum absolute atomic E-state index is 0.132. The quantitative estimate of drug-likeness (QED) is 0.842. The Morgan fingerprint density at radius 1 is 1.20 bits per heavy atom. The highest BCUT2D eigenvalue weighted by Crippen LogP contribution is 2.23. The molecule has 0 saturated heterocycles. The van der Waals surface area contributed by atoms with Gasteiger partial charge in [0.25, 0.3) is 0 Å². The molecule has 0 unspecified atom stereocenters. The first kappa shape index (κ1) is 15.5. The number of fused-ring (bicyclic) bond motifs is 1. The monoisotopic (exact) mass is 296 g/mol. The fraction of sp³-hybridized carbons (Fsp3) is 0.600. The molecule has 2 N–H and O–H groups in total. The van der Waals surface area contributed by atoms with E-state index >= 15 is 0 Å². The lowest BCUT2D eigenvalue weighted by Gasteiger charge is -2.17. The number of rotatable bonds is 6. The molecule has 0 saturated carbocycles. The third-order valence-corrected chi connectivity index (χ3v) is 5.18. The van der Waals surface area contributed by atoms with Gasteiger partial charge in [0, 0.05) is 12.6 Å². The molecule has 20 heavy (non-hydrogen) atoms. The van der Waals surface area contributed by atoms with E-state index in [9.17, 15) is 8.42 Å². The third kappa shape index (κ3) is 3.81. The van der Waals surface area contributed by atoms with Crippen LogP contribution in [0.2, 0.25) is 0 Å². The second-order valence-electron chi connectivity index (χ2n) is 5.45. The Morgan fingerprint density at radius 3 is 2.60 bits per heavy atom. The van der Waals surface area contributed by atoms with E-state index in [-0.39, 0.29) is 6.04 Å². The molecule has 1 aliphatic carbocycles.